The van der Waals surface area contributed by atoms with Crippen molar-refractivity contribution in [1.29, 1.82) is 5.26 Å². The summed E-state index contributed by atoms with van der Waals surface area (Å²) in [4.78, 5) is 0. The van der Waals surface area contributed by atoms with Gasteiger partial charge in [0, 0.05) is 17.1 Å². The molecule has 5 heteroatoms. The summed E-state index contributed by atoms with van der Waals surface area (Å²) in [7, 11) is 1.64. The van der Waals surface area contributed by atoms with Crippen LogP contribution in [0.5, 0.6) is 5.75 Å². The molecule has 1 aromatic rings. The Kier molecular flexibility index (Phi) is 5.48. The molecule has 0 fully saturated rings. The van der Waals surface area contributed by atoms with Crippen LogP contribution >= 0.6 is 31.9 Å². The van der Waals surface area contributed by atoms with Crippen molar-refractivity contribution in [3.05, 3.63) is 21.1 Å². The highest BCUT2D eigenvalue weighted by molar-refractivity contribution is 9.11. The maximum atomic E-state index is 8.95. The van der Waals surface area contributed by atoms with Crippen LogP contribution in [0.25, 0.3) is 0 Å². The average Bonchev–Trinajstić information content (AvgIpc) is 2.32. The van der Waals surface area contributed by atoms with Gasteiger partial charge in [0.2, 0.25) is 0 Å². The normalized spacial score (nSPS) is 10.9. The average molecular weight is 376 g/mol. The third-order valence-corrected chi connectivity index (χ3v) is 3.89. The van der Waals surface area contributed by atoms with Gasteiger partial charge in [0.25, 0.3) is 0 Å². The molecule has 0 aliphatic rings. The van der Waals surface area contributed by atoms with E-state index in [0.29, 0.717) is 0 Å². The van der Waals surface area contributed by atoms with Crippen molar-refractivity contribution in [1.82, 2.24) is 0 Å². The monoisotopic (exact) mass is 374 g/mol. The number of halogens is 2. The Morgan fingerprint density at radius 3 is 2.56 bits per heavy atom. The number of nitriles is 1. The van der Waals surface area contributed by atoms with Crippen LogP contribution in [0.2, 0.25) is 0 Å². The van der Waals surface area contributed by atoms with Gasteiger partial charge in [-0.2, -0.15) is 5.26 Å². The van der Waals surface area contributed by atoms with Gasteiger partial charge in [0.15, 0.2) is 0 Å². The number of hydrogen-bond acceptors (Lipinski definition) is 3. The molecule has 1 aromatic carbocycles. The fourth-order valence-corrected chi connectivity index (χ4v) is 2.68. The Balaban J connectivity index is 2.71. The Morgan fingerprint density at radius 2 is 2.00 bits per heavy atom. The van der Waals surface area contributed by atoms with Gasteiger partial charge in [-0.05, 0) is 58.2 Å². The summed E-state index contributed by atoms with van der Waals surface area (Å²) in [5.41, 5.74) is 0.655. The summed E-state index contributed by atoms with van der Waals surface area (Å²) in [6.45, 7) is 4.61. The molecule has 0 saturated carbocycles. The van der Waals surface area contributed by atoms with Crippen LogP contribution < -0.4 is 10.1 Å². The number of anilines is 1. The van der Waals surface area contributed by atoms with Crippen molar-refractivity contribution in [3.63, 3.8) is 0 Å². The number of rotatable bonds is 5. The number of nitrogens with zero attached hydrogens (tertiary/aromatic N) is 1. The van der Waals surface area contributed by atoms with Crippen LogP contribution in [-0.2, 0) is 0 Å². The van der Waals surface area contributed by atoms with Gasteiger partial charge in [0.05, 0.1) is 28.8 Å². The second-order valence-electron chi connectivity index (χ2n) is 4.64. The Labute approximate surface area is 125 Å². The predicted octanol–water partition coefficient (Wildman–Crippen LogP) is 4.57. The van der Waals surface area contributed by atoms with Gasteiger partial charge in [-0.3, -0.25) is 0 Å². The third-order valence-electron chi connectivity index (χ3n) is 2.61. The van der Waals surface area contributed by atoms with Gasteiger partial charge in [-0.15, -0.1) is 0 Å². The fourth-order valence-electron chi connectivity index (χ4n) is 1.39. The Morgan fingerprint density at radius 1 is 1.33 bits per heavy atom. The van der Waals surface area contributed by atoms with Gasteiger partial charge < -0.3 is 10.1 Å². The largest absolute Gasteiger partial charge is 0.495 e. The van der Waals surface area contributed by atoms with Crippen molar-refractivity contribution in [2.45, 2.75) is 20.3 Å². The van der Waals surface area contributed by atoms with E-state index in [1.54, 1.807) is 7.11 Å². The molecule has 0 aromatic heterocycles. The molecule has 98 valence electrons. The van der Waals surface area contributed by atoms with Crippen molar-refractivity contribution in [3.8, 4) is 11.8 Å². The predicted molar refractivity (Wildman–Crippen MR) is 80.9 cm³/mol. The summed E-state index contributed by atoms with van der Waals surface area (Å²) in [6, 6.07) is 6.16. The minimum absolute atomic E-state index is 0.307. The SMILES string of the molecule is COc1cc(NCCC(C)(C)C#N)c(Br)cc1Br. The molecular weight excluding hydrogens is 360 g/mol. The molecule has 0 unspecified atom stereocenters. The lowest BCUT2D eigenvalue weighted by Gasteiger charge is -2.17. The van der Waals surface area contributed by atoms with Gasteiger partial charge in [-0.25, -0.2) is 0 Å². The zero-order valence-corrected chi connectivity index (χ0v) is 13.9. The zero-order valence-electron chi connectivity index (χ0n) is 10.7. The van der Waals surface area contributed by atoms with Crippen molar-refractivity contribution in [2.75, 3.05) is 19.0 Å². The van der Waals surface area contributed by atoms with Crippen LogP contribution in [-0.4, -0.2) is 13.7 Å². The highest BCUT2D eigenvalue weighted by Crippen LogP contribution is 2.34. The lowest BCUT2D eigenvalue weighted by atomic mass is 9.91. The highest BCUT2D eigenvalue weighted by Gasteiger charge is 2.16. The van der Waals surface area contributed by atoms with Crippen molar-refractivity contribution >= 4 is 37.5 Å². The molecule has 0 spiro atoms. The third kappa shape index (κ3) is 4.18. The molecule has 0 radical (unpaired) electrons. The lowest BCUT2D eigenvalue weighted by Crippen LogP contribution is -2.14. The molecule has 0 bridgehead atoms. The summed E-state index contributed by atoms with van der Waals surface area (Å²) in [6.07, 6.45) is 0.786. The summed E-state index contributed by atoms with van der Waals surface area (Å²) in [5, 5.41) is 12.3. The fraction of sp³-hybridized carbons (Fsp3) is 0.462. The second kappa shape index (κ2) is 6.44. The lowest BCUT2D eigenvalue weighted by molar-refractivity contribution is 0.412. The molecule has 1 N–H and O–H groups in total. The van der Waals surface area contributed by atoms with E-state index in [-0.39, 0.29) is 5.41 Å². The molecule has 18 heavy (non-hydrogen) atoms. The van der Waals surface area contributed by atoms with E-state index >= 15 is 0 Å². The standard InChI is InChI=1S/C13H16Br2N2O/c1-13(2,8-16)4-5-17-11-7-12(18-3)10(15)6-9(11)14/h6-7,17H,4-5H2,1-3H3. The molecule has 0 atom stereocenters. The smallest absolute Gasteiger partial charge is 0.135 e. The first-order chi connectivity index (χ1) is 8.39. The van der Waals surface area contributed by atoms with Crippen LogP contribution in [0.4, 0.5) is 5.69 Å². The molecular formula is C13H16Br2N2O. The molecule has 3 nitrogen and oxygen atoms in total. The Hall–Kier alpha value is -0.730. The molecule has 0 aliphatic carbocycles. The molecule has 1 rings (SSSR count). The zero-order chi connectivity index (χ0) is 13.8. The van der Waals surface area contributed by atoms with E-state index in [1.165, 1.54) is 0 Å². The van der Waals surface area contributed by atoms with E-state index < -0.39 is 0 Å². The minimum atomic E-state index is -0.307. The van der Waals surface area contributed by atoms with E-state index in [2.05, 4.69) is 43.2 Å². The maximum absolute atomic E-state index is 8.95. The van der Waals surface area contributed by atoms with Crippen LogP contribution in [0, 0.1) is 16.7 Å². The molecule has 0 saturated heterocycles. The molecule has 0 aliphatic heterocycles. The number of nitrogens with one attached hydrogen (secondary N) is 1. The van der Waals surface area contributed by atoms with Gasteiger partial charge >= 0.3 is 0 Å². The Bertz CT molecular complexity index is 467. The maximum Gasteiger partial charge on any atom is 0.135 e. The topological polar surface area (TPSA) is 45.0 Å². The number of hydrogen-bond donors (Lipinski definition) is 1. The summed E-state index contributed by atoms with van der Waals surface area (Å²) in [5.74, 6) is 0.778. The minimum Gasteiger partial charge on any atom is -0.495 e. The van der Waals surface area contributed by atoms with Gasteiger partial charge in [0.1, 0.15) is 5.75 Å². The van der Waals surface area contributed by atoms with Crippen molar-refractivity contribution < 1.29 is 4.74 Å². The number of methoxy groups -OCH3 is 1. The van der Waals surface area contributed by atoms with Crippen LogP contribution in [0.3, 0.4) is 0 Å². The first kappa shape index (κ1) is 15.3. The van der Waals surface area contributed by atoms with Crippen LogP contribution in [0.15, 0.2) is 21.1 Å². The number of ether oxygens (including phenoxy) is 1. The number of benzene rings is 1. The van der Waals surface area contributed by atoms with E-state index in [1.807, 2.05) is 26.0 Å². The summed E-state index contributed by atoms with van der Waals surface area (Å²) < 4.78 is 7.11. The first-order valence-electron chi connectivity index (χ1n) is 5.58. The first-order valence-corrected chi connectivity index (χ1v) is 7.16. The van der Waals surface area contributed by atoms with E-state index in [0.717, 1.165) is 33.3 Å². The second-order valence-corrected chi connectivity index (χ2v) is 6.35. The van der Waals surface area contributed by atoms with Crippen LogP contribution in [0.1, 0.15) is 20.3 Å². The highest BCUT2D eigenvalue weighted by atomic mass is 79.9. The van der Waals surface area contributed by atoms with E-state index in [9.17, 15) is 0 Å². The van der Waals surface area contributed by atoms with Gasteiger partial charge in [-0.1, -0.05) is 0 Å². The van der Waals surface area contributed by atoms with Crippen molar-refractivity contribution in [2.24, 2.45) is 5.41 Å². The van der Waals surface area contributed by atoms with E-state index in [4.69, 9.17) is 10.00 Å². The molecule has 0 heterocycles. The quantitative estimate of drug-likeness (QED) is 0.819. The summed E-state index contributed by atoms with van der Waals surface area (Å²) >= 11 is 6.92. The molecule has 0 amide bonds.